The maximum atomic E-state index is 12.6. The maximum absolute atomic E-state index is 12.6. The van der Waals surface area contributed by atoms with Crippen molar-refractivity contribution in [2.75, 3.05) is 20.3 Å². The Hall–Kier alpha value is -2.18. The van der Waals surface area contributed by atoms with E-state index in [2.05, 4.69) is 44.3 Å². The lowest BCUT2D eigenvalue weighted by atomic mass is 9.67. The summed E-state index contributed by atoms with van der Waals surface area (Å²) in [6, 6.07) is 8.38. The Labute approximate surface area is 255 Å². The molecule has 3 rings (SSSR count). The Kier molecular flexibility index (Phi) is 14.1. The number of aliphatic hydroxyl groups excluding tert-OH is 1. The molecule has 1 aliphatic carbocycles. The molecule has 42 heavy (non-hydrogen) atoms. The monoisotopic (exact) mass is 583 g/mol. The number of carbonyl (C=O) groups is 2. The largest absolute Gasteiger partial charge is 0.497 e. The summed E-state index contributed by atoms with van der Waals surface area (Å²) in [5, 5.41) is 13.4. The quantitative estimate of drug-likeness (QED) is 0.138. The summed E-state index contributed by atoms with van der Waals surface area (Å²) in [6.45, 7) is 7.86. The second-order valence-electron chi connectivity index (χ2n) is 13.3. The smallest absolute Gasteiger partial charge is 0.219 e. The predicted octanol–water partition coefficient (Wildman–Crippen LogP) is 7.46. The summed E-state index contributed by atoms with van der Waals surface area (Å²) in [5.41, 5.74) is 1.06. The fourth-order valence-electron chi connectivity index (χ4n) is 7.07. The number of Topliss-reactive ketones (excluding diaryl/α,β-unsaturated/α-hetero) is 1. The lowest BCUT2D eigenvalue weighted by molar-refractivity contribution is -0.122. The Balaban J connectivity index is 1.35. The summed E-state index contributed by atoms with van der Waals surface area (Å²) in [7, 11) is 1.69. The summed E-state index contributed by atoms with van der Waals surface area (Å²) >= 11 is 0. The average Bonchev–Trinajstić information content (AvgIpc) is 3.32. The zero-order chi connectivity index (χ0) is 30.4. The molecule has 6 heteroatoms. The molecule has 2 aliphatic rings. The molecule has 1 saturated heterocycles. The van der Waals surface area contributed by atoms with E-state index < -0.39 is 6.10 Å². The second kappa shape index (κ2) is 17.2. The number of methoxy groups -OCH3 is 1. The van der Waals surface area contributed by atoms with Gasteiger partial charge in [0.05, 0.1) is 18.8 Å². The van der Waals surface area contributed by atoms with Crippen molar-refractivity contribution in [3.8, 4) is 5.75 Å². The summed E-state index contributed by atoms with van der Waals surface area (Å²) in [5.74, 6) is 1.73. The average molecular weight is 584 g/mol. The van der Waals surface area contributed by atoms with E-state index >= 15 is 0 Å². The molecule has 1 unspecified atom stereocenters. The molecule has 0 radical (unpaired) electrons. The topological polar surface area (TPSA) is 84.9 Å². The number of rotatable bonds is 18. The normalized spacial score (nSPS) is 24.6. The van der Waals surface area contributed by atoms with Crippen LogP contribution in [0, 0.1) is 11.8 Å². The molecule has 1 saturated carbocycles. The van der Waals surface area contributed by atoms with E-state index in [9.17, 15) is 14.7 Å². The number of allylic oxidation sites excluding steroid dienone is 1. The van der Waals surface area contributed by atoms with Gasteiger partial charge >= 0.3 is 0 Å². The number of ketones is 1. The third-order valence-corrected chi connectivity index (χ3v) is 9.47. The van der Waals surface area contributed by atoms with E-state index in [1.807, 2.05) is 18.2 Å². The number of hydrogen-bond acceptors (Lipinski definition) is 5. The first kappa shape index (κ1) is 34.3. The van der Waals surface area contributed by atoms with Gasteiger partial charge in [0.1, 0.15) is 11.5 Å². The van der Waals surface area contributed by atoms with Gasteiger partial charge in [-0.3, -0.25) is 9.59 Å². The van der Waals surface area contributed by atoms with Crippen molar-refractivity contribution >= 4 is 11.7 Å². The van der Waals surface area contributed by atoms with Crippen LogP contribution in [-0.4, -0.2) is 48.8 Å². The van der Waals surface area contributed by atoms with Gasteiger partial charge in [-0.25, -0.2) is 0 Å². The molecule has 1 heterocycles. The molecule has 0 spiro atoms. The molecule has 4 atom stereocenters. The number of carbonyl (C=O) groups excluding carboxylic acids is 2. The van der Waals surface area contributed by atoms with E-state index in [-0.39, 0.29) is 28.8 Å². The minimum absolute atomic E-state index is 0.0286. The van der Waals surface area contributed by atoms with Gasteiger partial charge in [-0.15, -0.1) is 0 Å². The highest BCUT2D eigenvalue weighted by Crippen LogP contribution is 2.44. The van der Waals surface area contributed by atoms with Gasteiger partial charge in [0, 0.05) is 37.3 Å². The van der Waals surface area contributed by atoms with Gasteiger partial charge in [-0.2, -0.15) is 0 Å². The van der Waals surface area contributed by atoms with E-state index in [1.54, 1.807) is 7.11 Å². The number of nitrogens with one attached hydrogen (secondary N) is 1. The molecule has 6 nitrogen and oxygen atoms in total. The molecule has 1 amide bonds. The first-order chi connectivity index (χ1) is 20.2. The van der Waals surface area contributed by atoms with Gasteiger partial charge in [-0.1, -0.05) is 69.7 Å². The molecule has 1 aliphatic heterocycles. The van der Waals surface area contributed by atoms with Gasteiger partial charge < -0.3 is 19.9 Å². The van der Waals surface area contributed by atoms with Crippen LogP contribution in [0.25, 0.3) is 0 Å². The number of amides is 1. The third kappa shape index (κ3) is 10.8. The zero-order valence-corrected chi connectivity index (χ0v) is 26.8. The van der Waals surface area contributed by atoms with Crippen LogP contribution < -0.4 is 10.1 Å². The first-order valence-electron chi connectivity index (χ1n) is 16.6. The number of unbranched alkanes of at least 4 members (excludes halogenated alkanes) is 5. The molecule has 0 bridgehead atoms. The number of aliphatic hydroxyl groups is 1. The van der Waals surface area contributed by atoms with Crippen LogP contribution in [0.2, 0.25) is 0 Å². The highest BCUT2D eigenvalue weighted by molar-refractivity contribution is 5.83. The van der Waals surface area contributed by atoms with E-state index in [4.69, 9.17) is 9.47 Å². The van der Waals surface area contributed by atoms with Crippen molar-refractivity contribution in [2.24, 2.45) is 11.8 Å². The van der Waals surface area contributed by atoms with Crippen LogP contribution in [0.15, 0.2) is 36.4 Å². The van der Waals surface area contributed by atoms with E-state index in [0.717, 1.165) is 95.8 Å². The summed E-state index contributed by atoms with van der Waals surface area (Å²) in [4.78, 5) is 25.1. The number of hydrogen-bond donors (Lipinski definition) is 2. The zero-order valence-electron chi connectivity index (χ0n) is 26.8. The van der Waals surface area contributed by atoms with Gasteiger partial charge in [0.2, 0.25) is 5.91 Å². The molecule has 0 aromatic heterocycles. The summed E-state index contributed by atoms with van der Waals surface area (Å²) in [6.07, 6.45) is 17.5. The lowest BCUT2D eigenvalue weighted by Gasteiger charge is -2.45. The highest BCUT2D eigenvalue weighted by atomic mass is 16.5. The first-order valence-corrected chi connectivity index (χ1v) is 16.6. The standard InChI is InChI=1S/C36H57NO5/c1-5-6-9-12-30(38)19-15-28-16-22-33(39)32(28)13-10-7-8-11-14-34(40)37-25-23-36(24-26-42-35(2,3)27-36)29-17-20-31(41-4)21-18-29/h15,17-21,28,30,32,38H,5-14,16,22-27H2,1-4H3,(H,37,40)/b19-15+/t28-,30-,32+,36?/m0/s1. The van der Waals surface area contributed by atoms with Crippen LogP contribution in [0.5, 0.6) is 5.75 Å². The van der Waals surface area contributed by atoms with E-state index in [0.29, 0.717) is 25.2 Å². The molecule has 2 fully saturated rings. The van der Waals surface area contributed by atoms with Crippen LogP contribution in [0.3, 0.4) is 0 Å². The number of benzene rings is 1. The molecule has 2 N–H and O–H groups in total. The SMILES string of the molecule is CCCCC[C@H](O)/C=C/[C@H]1CCC(=O)[C@@H]1CCCCCCC(=O)NCCC1(c2ccc(OC)cc2)CCOC(C)(C)C1. The second-order valence-corrected chi connectivity index (χ2v) is 13.3. The van der Waals surface area contributed by atoms with Crippen LogP contribution in [0.1, 0.15) is 123 Å². The van der Waals surface area contributed by atoms with Crippen molar-refractivity contribution in [3.05, 3.63) is 42.0 Å². The lowest BCUT2D eigenvalue weighted by Crippen LogP contribution is -2.45. The molecular formula is C36H57NO5. The summed E-state index contributed by atoms with van der Waals surface area (Å²) < 4.78 is 11.4. The molecular weight excluding hydrogens is 526 g/mol. The minimum Gasteiger partial charge on any atom is -0.497 e. The predicted molar refractivity (Wildman–Crippen MR) is 170 cm³/mol. The Morgan fingerprint density at radius 2 is 1.90 bits per heavy atom. The van der Waals surface area contributed by atoms with Crippen molar-refractivity contribution < 1.29 is 24.2 Å². The fourth-order valence-corrected chi connectivity index (χ4v) is 7.07. The van der Waals surface area contributed by atoms with Gasteiger partial charge in [-0.05, 0) is 82.4 Å². The Bertz CT molecular complexity index is 987. The van der Waals surface area contributed by atoms with Crippen molar-refractivity contribution in [1.29, 1.82) is 0 Å². The van der Waals surface area contributed by atoms with E-state index in [1.165, 1.54) is 5.56 Å². The Morgan fingerprint density at radius 1 is 1.14 bits per heavy atom. The highest BCUT2D eigenvalue weighted by Gasteiger charge is 2.41. The maximum Gasteiger partial charge on any atom is 0.219 e. The van der Waals surface area contributed by atoms with Crippen molar-refractivity contribution in [2.45, 2.75) is 134 Å². The minimum atomic E-state index is -0.393. The van der Waals surface area contributed by atoms with Crippen LogP contribution in [-0.2, 0) is 19.7 Å². The Morgan fingerprint density at radius 3 is 2.62 bits per heavy atom. The van der Waals surface area contributed by atoms with Gasteiger partial charge in [0.25, 0.3) is 0 Å². The fraction of sp³-hybridized carbons (Fsp3) is 0.722. The molecule has 236 valence electrons. The van der Waals surface area contributed by atoms with Crippen molar-refractivity contribution in [1.82, 2.24) is 5.32 Å². The molecule has 1 aromatic rings. The molecule has 1 aromatic carbocycles. The number of ether oxygens (including phenoxy) is 2. The van der Waals surface area contributed by atoms with Crippen molar-refractivity contribution in [3.63, 3.8) is 0 Å². The van der Waals surface area contributed by atoms with Crippen LogP contribution >= 0.6 is 0 Å². The third-order valence-electron chi connectivity index (χ3n) is 9.47. The van der Waals surface area contributed by atoms with Crippen LogP contribution in [0.4, 0.5) is 0 Å². The van der Waals surface area contributed by atoms with Gasteiger partial charge in [0.15, 0.2) is 0 Å².